The minimum absolute atomic E-state index is 0.128. The molecule has 0 bridgehead atoms. The summed E-state index contributed by atoms with van der Waals surface area (Å²) in [5.74, 6) is -1.11. The van der Waals surface area contributed by atoms with Crippen molar-refractivity contribution in [3.05, 3.63) is 68.8 Å². The van der Waals surface area contributed by atoms with Crippen LogP contribution in [0.1, 0.15) is 66.8 Å². The lowest BCUT2D eigenvalue weighted by Gasteiger charge is -2.47. The number of carbonyl (C=O) groups excluding carboxylic acids is 2. The molecule has 0 amide bonds. The number of ether oxygens (including phenoxy) is 2. The minimum Gasteiger partial charge on any atom is -0.459 e. The second-order valence-electron chi connectivity index (χ2n) is 9.14. The highest BCUT2D eigenvalue weighted by Gasteiger charge is 2.49. The van der Waals surface area contributed by atoms with Crippen molar-refractivity contribution in [1.29, 1.82) is 0 Å². The van der Waals surface area contributed by atoms with Crippen molar-refractivity contribution >= 4 is 34.5 Å². The first-order valence-electron chi connectivity index (χ1n) is 10.2. The van der Waals surface area contributed by atoms with Crippen LogP contribution in [-0.4, -0.2) is 39.4 Å². The second kappa shape index (κ2) is 9.26. The molecule has 1 aliphatic heterocycles. The first kappa shape index (κ1) is 23.7. The second-order valence-corrected chi connectivity index (χ2v) is 10.4. The quantitative estimate of drug-likeness (QED) is 0.319. The summed E-state index contributed by atoms with van der Waals surface area (Å²) in [4.78, 5) is 25.7. The number of piperidine rings is 1. The zero-order chi connectivity index (χ0) is 22.8. The van der Waals surface area contributed by atoms with Gasteiger partial charge in [-0.3, -0.25) is 0 Å². The third-order valence-corrected chi connectivity index (χ3v) is 6.31. The fourth-order valence-electron chi connectivity index (χ4n) is 4.13. The maximum Gasteiger partial charge on any atom is 0.339 e. The van der Waals surface area contributed by atoms with Gasteiger partial charge in [0.2, 0.25) is 0 Å². The van der Waals surface area contributed by atoms with Gasteiger partial charge in [0.1, 0.15) is 12.7 Å². The third kappa shape index (κ3) is 5.64. The molecule has 166 valence electrons. The lowest BCUT2D eigenvalue weighted by atomic mass is 9.80. The molecule has 2 N–H and O–H groups in total. The van der Waals surface area contributed by atoms with Crippen LogP contribution in [0.5, 0.6) is 0 Å². The Morgan fingerprint density at radius 2 is 1.48 bits per heavy atom. The zero-order valence-corrected chi connectivity index (χ0v) is 20.4. The molecule has 0 radical (unpaired) electrons. The zero-order valence-electron chi connectivity index (χ0n) is 18.3. The fraction of sp³-hybridized carbons (Fsp3) is 0.417. The van der Waals surface area contributed by atoms with Crippen LogP contribution >= 0.6 is 22.6 Å². The predicted octanol–water partition coefficient (Wildman–Crippen LogP) is 4.47. The van der Waals surface area contributed by atoms with Crippen LogP contribution < -0.4 is 0 Å². The Balaban J connectivity index is 1.71. The molecule has 1 aliphatic rings. The molecule has 0 spiro atoms. The predicted molar refractivity (Wildman–Crippen MR) is 127 cm³/mol. The molecule has 1 saturated heterocycles. The Morgan fingerprint density at radius 3 is 2.03 bits per heavy atom. The Labute approximate surface area is 196 Å². The van der Waals surface area contributed by atoms with Gasteiger partial charge in [0.15, 0.2) is 0 Å². The lowest BCUT2D eigenvalue weighted by molar-refractivity contribution is -0.256. The van der Waals surface area contributed by atoms with Crippen molar-refractivity contribution in [3.8, 4) is 0 Å². The number of esters is 2. The van der Waals surface area contributed by atoms with Crippen molar-refractivity contribution < 1.29 is 24.3 Å². The molecule has 1 heterocycles. The molecule has 7 heteroatoms. The number of rotatable bonds is 5. The number of hydroxylamine groups is 2. The van der Waals surface area contributed by atoms with Crippen LogP contribution in [-0.2, 0) is 16.1 Å². The molecule has 0 aliphatic carbocycles. The monoisotopic (exact) mass is 538 g/mol. The largest absolute Gasteiger partial charge is 0.459 e. The van der Waals surface area contributed by atoms with E-state index >= 15 is 0 Å². The van der Waals surface area contributed by atoms with Crippen molar-refractivity contribution in [1.82, 2.24) is 5.06 Å². The highest BCUT2D eigenvalue weighted by molar-refractivity contribution is 14.1. The van der Waals surface area contributed by atoms with Gasteiger partial charge in [-0.2, -0.15) is 0 Å². The molecule has 2 aromatic carbocycles. The molecule has 0 saturated carbocycles. The summed E-state index contributed by atoms with van der Waals surface area (Å²) in [6.45, 7) is 8.01. The summed E-state index contributed by atoms with van der Waals surface area (Å²) in [5, 5.41) is 9.95. The van der Waals surface area contributed by atoms with Gasteiger partial charge in [0.25, 0.3) is 0 Å². The van der Waals surface area contributed by atoms with Gasteiger partial charge in [0.05, 0.1) is 22.2 Å². The third-order valence-electron chi connectivity index (χ3n) is 5.59. The molecule has 0 atom stereocenters. The maximum absolute atomic E-state index is 13.0. The molecule has 3 rings (SSSR count). The molecule has 31 heavy (non-hydrogen) atoms. The van der Waals surface area contributed by atoms with E-state index in [-0.39, 0.29) is 23.8 Å². The topological polar surface area (TPSA) is 78.7 Å². The number of halogens is 1. The van der Waals surface area contributed by atoms with Crippen molar-refractivity contribution in [2.45, 2.75) is 64.3 Å². The van der Waals surface area contributed by atoms with E-state index in [0.29, 0.717) is 12.8 Å². The standard InChI is InChI=1S/C24H28INO5/c1-23(2)13-18(14-24(3,4)26(23)29)31-22(28)20-8-6-5-7-19(20)21(27)30-15-16-9-11-17(25)12-10-16/h5-12,18,29H,13-15H2,1-4H3/p+1. The summed E-state index contributed by atoms with van der Waals surface area (Å²) in [6, 6.07) is 14.2. The van der Waals surface area contributed by atoms with Crippen LogP contribution in [0.3, 0.4) is 0 Å². The number of carbonyl (C=O) groups is 2. The van der Waals surface area contributed by atoms with Gasteiger partial charge in [-0.1, -0.05) is 29.3 Å². The summed E-state index contributed by atoms with van der Waals surface area (Å²) in [7, 11) is 0. The van der Waals surface area contributed by atoms with E-state index in [2.05, 4.69) is 22.6 Å². The molecule has 1 fully saturated rings. The Kier molecular flexibility index (Phi) is 7.08. The average Bonchev–Trinajstić information content (AvgIpc) is 2.71. The summed E-state index contributed by atoms with van der Waals surface area (Å²) >= 11 is 2.21. The van der Waals surface area contributed by atoms with Gasteiger partial charge in [-0.05, 0) is 80.1 Å². The van der Waals surface area contributed by atoms with E-state index in [1.165, 1.54) is 0 Å². The number of nitrogens with zero attached hydrogens (tertiary/aromatic N) is 1. The molecule has 6 nitrogen and oxygen atoms in total. The Morgan fingerprint density at radius 1 is 0.968 bits per heavy atom. The molecular formula is C24H29INO5+. The average molecular weight is 538 g/mol. The van der Waals surface area contributed by atoms with Crippen LogP contribution in [0.15, 0.2) is 48.5 Å². The van der Waals surface area contributed by atoms with Gasteiger partial charge >= 0.3 is 11.9 Å². The van der Waals surface area contributed by atoms with Gasteiger partial charge < -0.3 is 14.7 Å². The van der Waals surface area contributed by atoms with E-state index in [1.807, 2.05) is 52.0 Å². The van der Waals surface area contributed by atoms with E-state index in [9.17, 15) is 9.59 Å². The Hall–Kier alpha value is -1.97. The highest BCUT2D eigenvalue weighted by atomic mass is 127. The minimum atomic E-state index is -0.562. The summed E-state index contributed by atoms with van der Waals surface area (Å²) in [6.07, 6.45) is 0.755. The van der Waals surface area contributed by atoms with Crippen LogP contribution in [0, 0.1) is 3.57 Å². The summed E-state index contributed by atoms with van der Waals surface area (Å²) < 4.78 is 12.3. The van der Waals surface area contributed by atoms with Crippen molar-refractivity contribution in [3.63, 3.8) is 0 Å². The van der Waals surface area contributed by atoms with Crippen molar-refractivity contribution in [2.75, 3.05) is 0 Å². The molecule has 0 unspecified atom stereocenters. The number of benzene rings is 2. The van der Waals surface area contributed by atoms with Gasteiger partial charge in [-0.15, -0.1) is 0 Å². The lowest BCUT2D eigenvalue weighted by Crippen LogP contribution is -2.60. The smallest absolute Gasteiger partial charge is 0.339 e. The number of hydrogen-bond donors (Lipinski definition) is 0. The van der Waals surface area contributed by atoms with E-state index in [4.69, 9.17) is 14.7 Å². The first-order valence-corrected chi connectivity index (χ1v) is 11.3. The van der Waals surface area contributed by atoms with Gasteiger partial charge in [0, 0.05) is 16.4 Å². The van der Waals surface area contributed by atoms with E-state index in [0.717, 1.165) is 9.13 Å². The van der Waals surface area contributed by atoms with Crippen LogP contribution in [0.4, 0.5) is 0 Å². The highest BCUT2D eigenvalue weighted by Crippen LogP contribution is 2.38. The normalized spacial score (nSPS) is 18.4. The summed E-state index contributed by atoms with van der Waals surface area (Å²) in [5.41, 5.74) is 0.394. The fourth-order valence-corrected chi connectivity index (χ4v) is 4.49. The van der Waals surface area contributed by atoms with Crippen LogP contribution in [0.25, 0.3) is 0 Å². The SMILES string of the molecule is CC1(C)CC(OC(=O)c2ccccc2C(=O)OCc2ccc(I)cc2)CC(C)(C)N1[OH2+]. The van der Waals surface area contributed by atoms with Crippen molar-refractivity contribution in [2.24, 2.45) is 0 Å². The first-order chi connectivity index (χ1) is 14.5. The number of hydrogen-bond acceptors (Lipinski definition) is 5. The maximum atomic E-state index is 13.0. The van der Waals surface area contributed by atoms with Gasteiger partial charge in [-0.25, -0.2) is 9.59 Å². The molecular weight excluding hydrogens is 509 g/mol. The van der Waals surface area contributed by atoms with E-state index < -0.39 is 23.0 Å². The molecule has 2 aromatic rings. The van der Waals surface area contributed by atoms with Crippen LogP contribution in [0.2, 0.25) is 0 Å². The Bertz CT molecular complexity index is 937. The molecule has 0 aromatic heterocycles. The van der Waals surface area contributed by atoms with E-state index in [1.54, 1.807) is 29.3 Å².